The van der Waals surface area contributed by atoms with Gasteiger partial charge < -0.3 is 13.6 Å². The maximum Gasteiger partial charge on any atom is 0.135 e. The highest BCUT2D eigenvalue weighted by Gasteiger charge is 2.35. The van der Waals surface area contributed by atoms with Crippen LogP contribution in [0, 0.1) is 0 Å². The van der Waals surface area contributed by atoms with Crippen LogP contribution in [-0.2, 0) is 9.54 Å². The number of hydrogen-bond donors (Lipinski definition) is 1. The lowest BCUT2D eigenvalue weighted by molar-refractivity contribution is -0.108. The summed E-state index contributed by atoms with van der Waals surface area (Å²) in [5.41, 5.74) is 0. The molecular formula is C11H10O3S. The van der Waals surface area contributed by atoms with Gasteiger partial charge in [0.1, 0.15) is 22.6 Å². The van der Waals surface area contributed by atoms with Gasteiger partial charge in [-0.15, -0.1) is 0 Å². The third kappa shape index (κ3) is 1.72. The highest BCUT2D eigenvalue weighted by Crippen LogP contribution is 2.39. The van der Waals surface area contributed by atoms with Gasteiger partial charge in [-0.1, -0.05) is 0 Å². The summed E-state index contributed by atoms with van der Waals surface area (Å²) >= 11 is 4.49. The van der Waals surface area contributed by atoms with Gasteiger partial charge in [-0.05, 0) is 24.3 Å². The van der Waals surface area contributed by atoms with Crippen LogP contribution >= 0.6 is 12.6 Å². The van der Waals surface area contributed by atoms with E-state index in [1.165, 1.54) is 0 Å². The van der Waals surface area contributed by atoms with Crippen molar-refractivity contribution in [2.45, 2.75) is 11.2 Å². The molecule has 0 spiro atoms. The van der Waals surface area contributed by atoms with Crippen molar-refractivity contribution < 1.29 is 13.6 Å². The van der Waals surface area contributed by atoms with Crippen molar-refractivity contribution in [3.8, 4) is 0 Å². The van der Waals surface area contributed by atoms with Crippen molar-refractivity contribution in [1.29, 1.82) is 0 Å². The number of carbonyl (C=O) groups excluding carboxylic acids is 1. The van der Waals surface area contributed by atoms with Gasteiger partial charge in [0, 0.05) is 6.42 Å². The third-order valence-electron chi connectivity index (χ3n) is 2.24. The topological polar surface area (TPSA) is 43.4 Å². The fraction of sp³-hybridized carbons (Fsp3) is 0.182. The van der Waals surface area contributed by atoms with E-state index in [2.05, 4.69) is 12.6 Å². The van der Waals surface area contributed by atoms with Crippen LogP contribution in [-0.4, -0.2) is 6.29 Å². The van der Waals surface area contributed by atoms with Crippen LogP contribution < -0.4 is 0 Å². The molecule has 0 aliphatic heterocycles. The van der Waals surface area contributed by atoms with Gasteiger partial charge in [0.2, 0.25) is 0 Å². The molecule has 0 bridgehead atoms. The second kappa shape index (κ2) is 3.98. The third-order valence-corrected chi connectivity index (χ3v) is 2.86. The van der Waals surface area contributed by atoms with Crippen LogP contribution in [0.15, 0.2) is 45.6 Å². The normalized spacial score (nSPS) is 11.5. The molecule has 78 valence electrons. The molecule has 3 nitrogen and oxygen atoms in total. The molecule has 0 atom stereocenters. The smallest absolute Gasteiger partial charge is 0.135 e. The Morgan fingerprint density at radius 3 is 2.07 bits per heavy atom. The fourth-order valence-electron chi connectivity index (χ4n) is 1.47. The Bertz CT molecular complexity index is 382. The summed E-state index contributed by atoms with van der Waals surface area (Å²) in [5, 5.41) is 0. The molecule has 2 heterocycles. The molecule has 0 aromatic carbocycles. The molecule has 0 saturated carbocycles. The maximum atomic E-state index is 10.7. The fourth-order valence-corrected chi connectivity index (χ4v) is 1.80. The molecule has 4 heteroatoms. The van der Waals surface area contributed by atoms with Gasteiger partial charge >= 0.3 is 0 Å². The molecule has 2 aromatic heterocycles. The summed E-state index contributed by atoms with van der Waals surface area (Å²) in [6.07, 6.45) is 4.11. The number of carbonyl (C=O) groups is 1. The van der Waals surface area contributed by atoms with E-state index in [4.69, 9.17) is 8.83 Å². The largest absolute Gasteiger partial charge is 0.467 e. The zero-order valence-corrected chi connectivity index (χ0v) is 8.81. The van der Waals surface area contributed by atoms with Crippen LogP contribution in [0.5, 0.6) is 0 Å². The van der Waals surface area contributed by atoms with Crippen molar-refractivity contribution in [3.05, 3.63) is 48.3 Å². The highest BCUT2D eigenvalue weighted by molar-refractivity contribution is 7.81. The minimum atomic E-state index is -0.811. The Morgan fingerprint density at radius 1 is 1.20 bits per heavy atom. The molecule has 0 unspecified atom stereocenters. The first-order chi connectivity index (χ1) is 7.27. The number of rotatable bonds is 4. The first-order valence-electron chi connectivity index (χ1n) is 4.51. The summed E-state index contributed by atoms with van der Waals surface area (Å²) in [6, 6.07) is 7.07. The van der Waals surface area contributed by atoms with Crippen LogP contribution in [0.3, 0.4) is 0 Å². The molecule has 0 aliphatic carbocycles. The SMILES string of the molecule is O=CCC(S)(c1ccco1)c1ccco1. The van der Waals surface area contributed by atoms with E-state index in [1.54, 1.807) is 36.8 Å². The summed E-state index contributed by atoms with van der Waals surface area (Å²) in [4.78, 5) is 10.7. The monoisotopic (exact) mass is 222 g/mol. The Kier molecular flexibility index (Phi) is 2.68. The molecule has 0 fully saturated rings. The summed E-state index contributed by atoms with van der Waals surface area (Å²) in [5.74, 6) is 1.21. The Balaban J connectivity index is 2.45. The van der Waals surface area contributed by atoms with Gasteiger partial charge in [0.25, 0.3) is 0 Å². The lowest BCUT2D eigenvalue weighted by Gasteiger charge is -2.21. The lowest BCUT2D eigenvalue weighted by atomic mass is 9.99. The minimum Gasteiger partial charge on any atom is -0.467 e. The summed E-state index contributed by atoms with van der Waals surface area (Å²) in [6.45, 7) is 0. The van der Waals surface area contributed by atoms with E-state index in [1.807, 2.05) is 0 Å². The second-order valence-corrected chi connectivity index (χ2v) is 3.95. The zero-order valence-electron chi connectivity index (χ0n) is 7.92. The maximum absolute atomic E-state index is 10.7. The van der Waals surface area contributed by atoms with Crippen molar-refractivity contribution in [2.24, 2.45) is 0 Å². The molecule has 0 saturated heterocycles. The molecule has 2 rings (SSSR count). The van der Waals surface area contributed by atoms with Crippen LogP contribution in [0.25, 0.3) is 0 Å². The average molecular weight is 222 g/mol. The highest BCUT2D eigenvalue weighted by atomic mass is 32.1. The standard InChI is InChI=1S/C11H10O3S/c12-6-5-11(15,9-3-1-7-13-9)10-4-2-8-14-10/h1-4,6-8,15H,5H2. The molecule has 0 radical (unpaired) electrons. The minimum absolute atomic E-state index is 0.205. The number of thiol groups is 1. The van der Waals surface area contributed by atoms with E-state index in [-0.39, 0.29) is 6.42 Å². The van der Waals surface area contributed by atoms with Gasteiger partial charge in [0.15, 0.2) is 0 Å². The molecule has 0 N–H and O–H groups in total. The molecule has 2 aromatic rings. The summed E-state index contributed by atoms with van der Waals surface area (Å²) < 4.78 is 9.75. The van der Waals surface area contributed by atoms with Crippen molar-refractivity contribution in [3.63, 3.8) is 0 Å². The predicted molar refractivity (Wildman–Crippen MR) is 57.9 cm³/mol. The number of hydrogen-bond acceptors (Lipinski definition) is 4. The van der Waals surface area contributed by atoms with Crippen LogP contribution in [0.4, 0.5) is 0 Å². The van der Waals surface area contributed by atoms with Gasteiger partial charge in [-0.2, -0.15) is 12.6 Å². The van der Waals surface area contributed by atoms with Crippen molar-refractivity contribution >= 4 is 18.9 Å². The first-order valence-corrected chi connectivity index (χ1v) is 4.96. The zero-order chi connectivity index (χ0) is 10.7. The van der Waals surface area contributed by atoms with E-state index >= 15 is 0 Å². The van der Waals surface area contributed by atoms with E-state index in [0.29, 0.717) is 11.5 Å². The quantitative estimate of drug-likeness (QED) is 0.638. The average Bonchev–Trinajstić information content (AvgIpc) is 2.92. The Morgan fingerprint density at radius 2 is 1.73 bits per heavy atom. The molecule has 0 amide bonds. The first kappa shape index (κ1) is 10.1. The van der Waals surface area contributed by atoms with Crippen molar-refractivity contribution in [2.75, 3.05) is 0 Å². The van der Waals surface area contributed by atoms with Gasteiger partial charge in [-0.25, -0.2) is 0 Å². The van der Waals surface area contributed by atoms with Crippen molar-refractivity contribution in [1.82, 2.24) is 0 Å². The predicted octanol–water partition coefficient (Wildman–Crippen LogP) is 2.64. The molecular weight excluding hydrogens is 212 g/mol. The Hall–Kier alpha value is -1.42. The van der Waals surface area contributed by atoms with Gasteiger partial charge in [0.05, 0.1) is 12.5 Å². The van der Waals surface area contributed by atoms with E-state index in [9.17, 15) is 4.79 Å². The van der Waals surface area contributed by atoms with E-state index < -0.39 is 4.75 Å². The second-order valence-electron chi connectivity index (χ2n) is 3.19. The molecule has 0 aliphatic rings. The van der Waals surface area contributed by atoms with Gasteiger partial charge in [-0.3, -0.25) is 0 Å². The van der Waals surface area contributed by atoms with Crippen LogP contribution in [0.1, 0.15) is 17.9 Å². The van der Waals surface area contributed by atoms with Crippen LogP contribution in [0.2, 0.25) is 0 Å². The Labute approximate surface area is 92.5 Å². The number of aldehydes is 1. The van der Waals surface area contributed by atoms with E-state index in [0.717, 1.165) is 6.29 Å². The lowest BCUT2D eigenvalue weighted by Crippen LogP contribution is -2.19. The molecule has 15 heavy (non-hydrogen) atoms. The summed E-state index contributed by atoms with van der Waals surface area (Å²) in [7, 11) is 0. The number of furan rings is 2.